The maximum absolute atomic E-state index is 13.4. The summed E-state index contributed by atoms with van der Waals surface area (Å²) in [6.07, 6.45) is 1.50. The highest BCUT2D eigenvalue weighted by Gasteiger charge is 2.17. The molecule has 0 spiro atoms. The van der Waals surface area contributed by atoms with E-state index in [9.17, 15) is 17.6 Å². The molecule has 2 aromatic carbocycles. The smallest absolute Gasteiger partial charge is 0.322 e. The largest absolute Gasteiger partial charge is 0.467 e. The van der Waals surface area contributed by atoms with Gasteiger partial charge in [0.05, 0.1) is 18.6 Å². The topological polar surface area (TPSA) is 88.9 Å². The molecule has 1 heterocycles. The van der Waals surface area contributed by atoms with Gasteiger partial charge in [0.15, 0.2) is 0 Å². The molecule has 0 aliphatic carbocycles. The van der Waals surface area contributed by atoms with Gasteiger partial charge in [-0.1, -0.05) is 18.2 Å². The molecule has 3 aromatic rings. The van der Waals surface area contributed by atoms with E-state index in [1.165, 1.54) is 42.4 Å². The number of amides is 2. The van der Waals surface area contributed by atoms with Gasteiger partial charge in [-0.15, -0.1) is 0 Å². The Morgan fingerprint density at radius 1 is 1.10 bits per heavy atom. The predicted molar refractivity (Wildman–Crippen MR) is 110 cm³/mol. The van der Waals surface area contributed by atoms with Crippen LogP contribution in [0.5, 0.6) is 5.75 Å². The molecule has 7 nitrogen and oxygen atoms in total. The van der Waals surface area contributed by atoms with E-state index in [2.05, 4.69) is 5.32 Å². The van der Waals surface area contributed by atoms with Gasteiger partial charge in [0.1, 0.15) is 17.3 Å². The summed E-state index contributed by atoms with van der Waals surface area (Å²) in [5.74, 6) is 0.105. The number of nitrogens with one attached hydrogen (secondary N) is 1. The molecule has 3 rings (SSSR count). The van der Waals surface area contributed by atoms with Gasteiger partial charge in [-0.2, -0.15) is 8.42 Å². The molecule has 0 saturated heterocycles. The molecule has 0 unspecified atom stereocenters. The number of nitrogens with zero attached hydrogens (tertiary/aromatic N) is 1. The standard InChI is InChI=1S/C21H21FN2O5S/c1-2-30(26,27)29-19-9-3-6-16(12-19)14-24(15-20-10-5-11-28-20)21(25)23-18-8-4-7-17(22)13-18/h3-13H,2,14-15H2,1H3,(H,23,25). The van der Waals surface area contributed by atoms with Crippen molar-refractivity contribution in [2.75, 3.05) is 11.1 Å². The third-order valence-corrected chi connectivity index (χ3v) is 5.29. The molecule has 30 heavy (non-hydrogen) atoms. The second-order valence-electron chi connectivity index (χ2n) is 6.45. The van der Waals surface area contributed by atoms with Crippen molar-refractivity contribution in [1.29, 1.82) is 0 Å². The SMILES string of the molecule is CCS(=O)(=O)Oc1cccc(CN(Cc2ccco2)C(=O)Nc2cccc(F)c2)c1. The summed E-state index contributed by atoms with van der Waals surface area (Å²) >= 11 is 0. The summed E-state index contributed by atoms with van der Waals surface area (Å²) in [4.78, 5) is 14.3. The lowest BCUT2D eigenvalue weighted by molar-refractivity contribution is 0.201. The Kier molecular flexibility index (Phi) is 6.73. The molecule has 1 aromatic heterocycles. The number of carbonyl (C=O) groups is 1. The van der Waals surface area contributed by atoms with Gasteiger partial charge in [0.25, 0.3) is 0 Å². The maximum atomic E-state index is 13.4. The highest BCUT2D eigenvalue weighted by atomic mass is 32.2. The van der Waals surface area contributed by atoms with Crippen molar-refractivity contribution in [3.8, 4) is 5.75 Å². The molecule has 1 N–H and O–H groups in total. The number of urea groups is 1. The lowest BCUT2D eigenvalue weighted by Crippen LogP contribution is -2.34. The van der Waals surface area contributed by atoms with Crippen LogP contribution in [0.15, 0.2) is 71.3 Å². The van der Waals surface area contributed by atoms with E-state index in [0.717, 1.165) is 0 Å². The normalized spacial score (nSPS) is 11.1. The highest BCUT2D eigenvalue weighted by Crippen LogP contribution is 2.19. The Morgan fingerprint density at radius 2 is 1.90 bits per heavy atom. The van der Waals surface area contributed by atoms with Crippen molar-refractivity contribution in [3.05, 3.63) is 84.1 Å². The number of furan rings is 1. The third-order valence-electron chi connectivity index (χ3n) is 4.14. The van der Waals surface area contributed by atoms with E-state index in [0.29, 0.717) is 17.0 Å². The van der Waals surface area contributed by atoms with Crippen LogP contribution in [-0.2, 0) is 23.2 Å². The number of anilines is 1. The Morgan fingerprint density at radius 3 is 2.60 bits per heavy atom. The monoisotopic (exact) mass is 432 g/mol. The Labute approximate surface area is 174 Å². The second-order valence-corrected chi connectivity index (χ2v) is 8.31. The average molecular weight is 432 g/mol. The summed E-state index contributed by atoms with van der Waals surface area (Å²) in [5, 5.41) is 2.66. The fourth-order valence-corrected chi connectivity index (χ4v) is 3.20. The molecular formula is C21H21FN2O5S. The van der Waals surface area contributed by atoms with Gasteiger partial charge >= 0.3 is 16.1 Å². The Hall–Kier alpha value is -3.33. The number of rotatable bonds is 8. The Bertz CT molecular complexity index is 1100. The number of carbonyl (C=O) groups excluding carboxylic acids is 1. The predicted octanol–water partition coefficient (Wildman–Crippen LogP) is 4.38. The number of hydrogen-bond donors (Lipinski definition) is 1. The van der Waals surface area contributed by atoms with Crippen molar-refractivity contribution < 1.29 is 26.2 Å². The Balaban J connectivity index is 1.79. The zero-order valence-electron chi connectivity index (χ0n) is 16.2. The first-order chi connectivity index (χ1) is 14.3. The molecule has 158 valence electrons. The number of hydrogen-bond acceptors (Lipinski definition) is 5. The van der Waals surface area contributed by atoms with Crippen LogP contribution in [0.4, 0.5) is 14.9 Å². The van der Waals surface area contributed by atoms with Gasteiger partial charge in [-0.3, -0.25) is 0 Å². The summed E-state index contributed by atoms with van der Waals surface area (Å²) in [6.45, 7) is 1.79. The number of benzene rings is 2. The van der Waals surface area contributed by atoms with Crippen LogP contribution in [0.3, 0.4) is 0 Å². The van der Waals surface area contributed by atoms with E-state index in [1.807, 2.05) is 0 Å². The molecule has 0 bridgehead atoms. The first kappa shape index (κ1) is 21.4. The molecule has 0 aliphatic heterocycles. The van der Waals surface area contributed by atoms with Crippen LogP contribution >= 0.6 is 0 Å². The fourth-order valence-electron chi connectivity index (χ4n) is 2.68. The first-order valence-corrected chi connectivity index (χ1v) is 10.8. The van der Waals surface area contributed by atoms with Crippen LogP contribution in [-0.4, -0.2) is 25.1 Å². The summed E-state index contributed by atoms with van der Waals surface area (Å²) in [6, 6.07) is 15.0. The average Bonchev–Trinajstić information content (AvgIpc) is 3.21. The summed E-state index contributed by atoms with van der Waals surface area (Å²) in [5.41, 5.74) is 0.968. The summed E-state index contributed by atoms with van der Waals surface area (Å²) < 4.78 is 47.2. The van der Waals surface area contributed by atoms with Crippen molar-refractivity contribution in [1.82, 2.24) is 4.90 Å². The quantitative estimate of drug-likeness (QED) is 0.534. The molecule has 0 fully saturated rings. The molecule has 0 atom stereocenters. The van der Waals surface area contributed by atoms with Gasteiger partial charge in [-0.25, -0.2) is 9.18 Å². The zero-order valence-corrected chi connectivity index (χ0v) is 17.1. The van der Waals surface area contributed by atoms with Crippen LogP contribution in [0.2, 0.25) is 0 Å². The van der Waals surface area contributed by atoms with E-state index >= 15 is 0 Å². The lowest BCUT2D eigenvalue weighted by atomic mass is 10.2. The van der Waals surface area contributed by atoms with E-state index in [1.54, 1.807) is 36.4 Å². The lowest BCUT2D eigenvalue weighted by Gasteiger charge is -2.22. The van der Waals surface area contributed by atoms with Crippen molar-refractivity contribution in [2.45, 2.75) is 20.0 Å². The van der Waals surface area contributed by atoms with Crippen LogP contribution in [0.1, 0.15) is 18.2 Å². The minimum absolute atomic E-state index is 0.144. The van der Waals surface area contributed by atoms with Crippen LogP contribution in [0.25, 0.3) is 0 Å². The first-order valence-electron chi connectivity index (χ1n) is 9.19. The van der Waals surface area contributed by atoms with E-state index in [-0.39, 0.29) is 24.6 Å². The van der Waals surface area contributed by atoms with Crippen molar-refractivity contribution in [2.24, 2.45) is 0 Å². The van der Waals surface area contributed by atoms with E-state index in [4.69, 9.17) is 8.60 Å². The zero-order chi connectivity index (χ0) is 21.6. The van der Waals surface area contributed by atoms with Gasteiger partial charge in [0.2, 0.25) is 0 Å². The maximum Gasteiger partial charge on any atom is 0.322 e. The number of halogens is 1. The molecular weight excluding hydrogens is 411 g/mol. The molecule has 0 radical (unpaired) electrons. The van der Waals surface area contributed by atoms with Crippen LogP contribution in [0, 0.1) is 5.82 Å². The summed E-state index contributed by atoms with van der Waals surface area (Å²) in [7, 11) is -3.66. The minimum atomic E-state index is -3.66. The molecule has 9 heteroatoms. The molecule has 2 amide bonds. The fraction of sp³-hybridized carbons (Fsp3) is 0.190. The highest BCUT2D eigenvalue weighted by molar-refractivity contribution is 7.87. The third kappa shape index (κ3) is 6.08. The van der Waals surface area contributed by atoms with Crippen molar-refractivity contribution >= 4 is 21.8 Å². The van der Waals surface area contributed by atoms with Gasteiger partial charge < -0.3 is 18.8 Å². The molecule has 0 aliphatic rings. The second kappa shape index (κ2) is 9.45. The minimum Gasteiger partial charge on any atom is -0.467 e. The van der Waals surface area contributed by atoms with E-state index < -0.39 is 22.0 Å². The molecule has 0 saturated carbocycles. The van der Waals surface area contributed by atoms with Gasteiger partial charge in [-0.05, 0) is 55.0 Å². The van der Waals surface area contributed by atoms with Crippen LogP contribution < -0.4 is 9.50 Å². The van der Waals surface area contributed by atoms with Crippen molar-refractivity contribution in [3.63, 3.8) is 0 Å². The van der Waals surface area contributed by atoms with Gasteiger partial charge in [0, 0.05) is 12.2 Å².